The largest absolute Gasteiger partial charge is 0.496 e. The Morgan fingerprint density at radius 3 is 2.54 bits per heavy atom. The molecule has 0 saturated heterocycles. The van der Waals surface area contributed by atoms with E-state index in [0.29, 0.717) is 35.1 Å². The molecule has 1 aliphatic rings. The molecule has 37 heavy (non-hydrogen) atoms. The van der Waals surface area contributed by atoms with Gasteiger partial charge in [-0.3, -0.25) is 4.79 Å². The third kappa shape index (κ3) is 10.0. The second-order valence-electron chi connectivity index (χ2n) is 9.26. The number of methoxy groups -OCH3 is 1. The summed E-state index contributed by atoms with van der Waals surface area (Å²) >= 11 is 6.40. The number of nitrogens with one attached hydrogen (secondary N) is 1. The molecule has 1 amide bonds. The van der Waals surface area contributed by atoms with E-state index >= 15 is 0 Å². The number of hydrogen-bond donors (Lipinski definition) is 2. The lowest BCUT2D eigenvalue weighted by atomic mass is 10.0. The van der Waals surface area contributed by atoms with Gasteiger partial charge in [0.25, 0.3) is 5.91 Å². The van der Waals surface area contributed by atoms with Crippen molar-refractivity contribution >= 4 is 17.5 Å². The molecular formula is C30H42ClNO5. The number of carbonyl (C=O) groups excluding carboxylic acids is 1. The minimum atomic E-state index is -0.584. The molecule has 1 aliphatic carbocycles. The van der Waals surface area contributed by atoms with Gasteiger partial charge in [-0.15, -0.1) is 6.58 Å². The summed E-state index contributed by atoms with van der Waals surface area (Å²) in [5, 5.41) is 13.4. The van der Waals surface area contributed by atoms with Crippen LogP contribution < -0.4 is 14.8 Å². The molecule has 0 bridgehead atoms. The summed E-state index contributed by atoms with van der Waals surface area (Å²) in [5.41, 5.74) is 2.24. The van der Waals surface area contributed by atoms with Gasteiger partial charge in [0.1, 0.15) is 11.5 Å². The zero-order valence-electron chi connectivity index (χ0n) is 22.6. The zero-order chi connectivity index (χ0) is 27.2. The first-order valence-corrected chi connectivity index (χ1v) is 13.5. The molecule has 2 atom stereocenters. The van der Waals surface area contributed by atoms with E-state index in [1.165, 1.54) is 12.8 Å². The van der Waals surface area contributed by atoms with Gasteiger partial charge in [0.05, 0.1) is 36.0 Å². The van der Waals surface area contributed by atoms with Crippen LogP contribution in [0.5, 0.6) is 11.5 Å². The van der Waals surface area contributed by atoms with Gasteiger partial charge in [0.2, 0.25) is 0 Å². The van der Waals surface area contributed by atoms with Gasteiger partial charge < -0.3 is 24.6 Å². The normalized spacial score (nSPS) is 14.8. The van der Waals surface area contributed by atoms with E-state index in [0.717, 1.165) is 30.4 Å². The second kappa shape index (κ2) is 16.3. The first-order valence-electron chi connectivity index (χ1n) is 13.1. The number of hydrogen-bond acceptors (Lipinski definition) is 5. The molecule has 0 heterocycles. The predicted molar refractivity (Wildman–Crippen MR) is 150 cm³/mol. The maximum atomic E-state index is 12.8. The molecule has 2 aromatic rings. The Morgan fingerprint density at radius 2 is 1.95 bits per heavy atom. The average molecular weight is 532 g/mol. The van der Waals surface area contributed by atoms with Crippen LogP contribution in [0, 0.1) is 0 Å². The summed E-state index contributed by atoms with van der Waals surface area (Å²) in [6.07, 6.45) is 7.06. The van der Waals surface area contributed by atoms with Crippen LogP contribution in [0.3, 0.4) is 0 Å². The lowest BCUT2D eigenvalue weighted by Crippen LogP contribution is -2.29. The van der Waals surface area contributed by atoms with Crippen molar-refractivity contribution in [1.29, 1.82) is 0 Å². The van der Waals surface area contributed by atoms with Crippen molar-refractivity contribution in [3.8, 4) is 11.5 Å². The number of allylic oxidation sites excluding steroid dienone is 1. The van der Waals surface area contributed by atoms with Crippen LogP contribution in [-0.2, 0) is 17.7 Å². The molecule has 0 aliphatic heterocycles. The molecule has 2 N–H and O–H groups in total. The molecule has 2 aromatic carbocycles. The van der Waals surface area contributed by atoms with Gasteiger partial charge in [-0.25, -0.2) is 0 Å². The van der Waals surface area contributed by atoms with Gasteiger partial charge in [0.15, 0.2) is 0 Å². The monoisotopic (exact) mass is 531 g/mol. The van der Waals surface area contributed by atoms with Crippen molar-refractivity contribution in [2.75, 3.05) is 13.7 Å². The summed E-state index contributed by atoms with van der Waals surface area (Å²) in [6, 6.07) is 11.0. The van der Waals surface area contributed by atoms with Crippen molar-refractivity contribution in [3.63, 3.8) is 0 Å². The summed E-state index contributed by atoms with van der Waals surface area (Å²) < 4.78 is 17.3. The fraction of sp³-hybridized carbons (Fsp3) is 0.500. The number of amides is 1. The standard InChI is InChI=1S/C27H36ClNO5.C3H6/c1-4-13-33-26(18(2)30)15-19-9-12-25(32-3)20(14-19)17-29-27(31)23-11-10-22(16-24(23)28)34-21-7-5-6-8-21;1-3-2/h9-12,14,16,18,21,26,30H,4-8,13,15,17H2,1-3H3,(H,29,31);3H,1H2,2H3. The molecule has 1 fully saturated rings. The van der Waals surface area contributed by atoms with E-state index in [4.69, 9.17) is 25.8 Å². The molecule has 0 spiro atoms. The molecule has 3 rings (SSSR count). The van der Waals surface area contributed by atoms with Crippen LogP contribution >= 0.6 is 11.6 Å². The predicted octanol–water partition coefficient (Wildman–Crippen LogP) is 6.51. The van der Waals surface area contributed by atoms with Crippen LogP contribution in [0.25, 0.3) is 0 Å². The van der Waals surface area contributed by atoms with Crippen LogP contribution in [0.1, 0.15) is 74.4 Å². The summed E-state index contributed by atoms with van der Waals surface area (Å²) in [7, 11) is 1.60. The molecule has 6 nitrogen and oxygen atoms in total. The topological polar surface area (TPSA) is 77.0 Å². The molecule has 7 heteroatoms. The SMILES string of the molecule is C=CC.CCCOC(Cc1ccc(OC)c(CNC(=O)c2ccc(OC3CCCC3)cc2Cl)c1)C(C)O. The number of benzene rings is 2. The number of rotatable bonds is 12. The molecule has 2 unspecified atom stereocenters. The Labute approximate surface area is 227 Å². The van der Waals surface area contributed by atoms with Crippen molar-refractivity contribution in [2.24, 2.45) is 0 Å². The minimum absolute atomic E-state index is 0.233. The Balaban J connectivity index is 0.00000153. The van der Waals surface area contributed by atoms with E-state index in [9.17, 15) is 9.90 Å². The van der Waals surface area contributed by atoms with Gasteiger partial charge >= 0.3 is 0 Å². The van der Waals surface area contributed by atoms with Crippen molar-refractivity contribution < 1.29 is 24.1 Å². The van der Waals surface area contributed by atoms with E-state index < -0.39 is 6.10 Å². The smallest absolute Gasteiger partial charge is 0.253 e. The van der Waals surface area contributed by atoms with Gasteiger partial charge in [-0.1, -0.05) is 36.7 Å². The molecule has 0 aromatic heterocycles. The van der Waals surface area contributed by atoms with E-state index in [1.54, 1.807) is 38.3 Å². The maximum Gasteiger partial charge on any atom is 0.253 e. The fourth-order valence-electron chi connectivity index (χ4n) is 4.19. The number of aliphatic hydroxyl groups excluding tert-OH is 1. The van der Waals surface area contributed by atoms with Crippen molar-refractivity contribution in [1.82, 2.24) is 5.32 Å². The third-order valence-electron chi connectivity index (χ3n) is 6.09. The van der Waals surface area contributed by atoms with Crippen LogP contribution in [0.2, 0.25) is 5.02 Å². The lowest BCUT2D eigenvalue weighted by Gasteiger charge is -2.21. The van der Waals surface area contributed by atoms with E-state index in [2.05, 4.69) is 11.9 Å². The van der Waals surface area contributed by atoms with Crippen LogP contribution in [0.4, 0.5) is 0 Å². The number of halogens is 1. The summed E-state index contributed by atoms with van der Waals surface area (Å²) in [6.45, 7) is 9.90. The van der Waals surface area contributed by atoms with Crippen LogP contribution in [0.15, 0.2) is 49.1 Å². The van der Waals surface area contributed by atoms with Crippen molar-refractivity contribution in [2.45, 2.75) is 84.2 Å². The fourth-order valence-corrected chi connectivity index (χ4v) is 4.45. The number of carbonyl (C=O) groups is 1. The number of ether oxygens (including phenoxy) is 3. The Hall–Kier alpha value is -2.54. The highest BCUT2D eigenvalue weighted by Gasteiger charge is 2.19. The minimum Gasteiger partial charge on any atom is -0.496 e. The van der Waals surface area contributed by atoms with Gasteiger partial charge in [0, 0.05) is 25.1 Å². The number of aliphatic hydroxyl groups is 1. The van der Waals surface area contributed by atoms with Crippen LogP contribution in [-0.4, -0.2) is 43.0 Å². The summed E-state index contributed by atoms with van der Waals surface area (Å²) in [5.74, 6) is 1.11. The molecular weight excluding hydrogens is 490 g/mol. The van der Waals surface area contributed by atoms with E-state index in [-0.39, 0.29) is 24.7 Å². The lowest BCUT2D eigenvalue weighted by molar-refractivity contribution is -0.0283. The van der Waals surface area contributed by atoms with Gasteiger partial charge in [-0.2, -0.15) is 0 Å². The first kappa shape index (κ1) is 30.7. The second-order valence-corrected chi connectivity index (χ2v) is 9.66. The highest BCUT2D eigenvalue weighted by Crippen LogP contribution is 2.28. The zero-order valence-corrected chi connectivity index (χ0v) is 23.4. The average Bonchev–Trinajstić information content (AvgIpc) is 3.38. The highest BCUT2D eigenvalue weighted by atomic mass is 35.5. The van der Waals surface area contributed by atoms with Crippen molar-refractivity contribution in [3.05, 3.63) is 70.8 Å². The molecule has 1 saturated carbocycles. The Morgan fingerprint density at radius 1 is 1.24 bits per heavy atom. The maximum absolute atomic E-state index is 12.8. The molecule has 0 radical (unpaired) electrons. The van der Waals surface area contributed by atoms with E-state index in [1.807, 2.05) is 32.0 Å². The Bertz CT molecular complexity index is 988. The van der Waals surface area contributed by atoms with Gasteiger partial charge in [-0.05, 0) is 75.8 Å². The highest BCUT2D eigenvalue weighted by molar-refractivity contribution is 6.34. The first-order chi connectivity index (χ1) is 17.8. The summed E-state index contributed by atoms with van der Waals surface area (Å²) in [4.78, 5) is 12.8. The third-order valence-corrected chi connectivity index (χ3v) is 6.40. The Kier molecular flexibility index (Phi) is 13.5. The quantitative estimate of drug-likeness (QED) is 0.305. The molecule has 204 valence electrons.